The van der Waals surface area contributed by atoms with Crippen molar-refractivity contribution >= 4 is 28.0 Å². The number of fused-ring (bicyclic) bond motifs is 2. The lowest BCUT2D eigenvalue weighted by Crippen LogP contribution is -2.14. The molecule has 7 nitrogen and oxygen atoms in total. The van der Waals surface area contributed by atoms with Crippen LogP contribution in [0.2, 0.25) is 0 Å². The van der Waals surface area contributed by atoms with E-state index in [1.807, 2.05) is 24.3 Å². The minimum absolute atomic E-state index is 0.0751. The van der Waals surface area contributed by atoms with Crippen LogP contribution in [0.25, 0.3) is 33.7 Å². The SMILES string of the molecule is O=[N+]([O-])c1ccc(-c2nc3nc4ccccc4nc3n2C2CCCCC2)cc1. The molecular formula is C21H19N5O2. The fourth-order valence-corrected chi connectivity index (χ4v) is 4.09. The van der Waals surface area contributed by atoms with Gasteiger partial charge in [0.1, 0.15) is 5.82 Å². The highest BCUT2D eigenvalue weighted by Gasteiger charge is 2.24. The van der Waals surface area contributed by atoms with Gasteiger partial charge in [0.05, 0.1) is 16.0 Å². The van der Waals surface area contributed by atoms with E-state index in [1.54, 1.807) is 12.1 Å². The molecule has 0 amide bonds. The van der Waals surface area contributed by atoms with Crippen LogP contribution in [0.5, 0.6) is 0 Å². The largest absolute Gasteiger partial charge is 0.304 e. The van der Waals surface area contributed by atoms with Crippen LogP contribution in [0.15, 0.2) is 48.5 Å². The molecule has 4 aromatic rings. The van der Waals surface area contributed by atoms with Crippen molar-refractivity contribution in [2.45, 2.75) is 38.1 Å². The number of nitro groups is 1. The van der Waals surface area contributed by atoms with Crippen molar-refractivity contribution in [2.75, 3.05) is 0 Å². The molecule has 0 atom stereocenters. The normalized spacial score (nSPS) is 15.3. The number of hydrogen-bond acceptors (Lipinski definition) is 5. The van der Waals surface area contributed by atoms with E-state index in [9.17, 15) is 10.1 Å². The van der Waals surface area contributed by atoms with E-state index in [1.165, 1.54) is 31.4 Å². The Labute approximate surface area is 161 Å². The first kappa shape index (κ1) is 16.8. The maximum Gasteiger partial charge on any atom is 0.269 e. The summed E-state index contributed by atoms with van der Waals surface area (Å²) in [5.41, 5.74) is 4.00. The second-order valence-corrected chi connectivity index (χ2v) is 7.26. The van der Waals surface area contributed by atoms with Gasteiger partial charge >= 0.3 is 0 Å². The predicted octanol–water partition coefficient (Wildman–Crippen LogP) is 5.06. The molecule has 2 aromatic carbocycles. The van der Waals surface area contributed by atoms with Crippen molar-refractivity contribution in [1.29, 1.82) is 0 Å². The minimum atomic E-state index is -0.385. The molecule has 0 spiro atoms. The Hall–Kier alpha value is -3.35. The van der Waals surface area contributed by atoms with Crippen molar-refractivity contribution in [1.82, 2.24) is 19.5 Å². The number of hydrogen-bond donors (Lipinski definition) is 0. The highest BCUT2D eigenvalue weighted by atomic mass is 16.6. The van der Waals surface area contributed by atoms with Crippen molar-refractivity contribution < 1.29 is 4.92 Å². The Bertz CT molecular complexity index is 1180. The molecule has 2 aromatic heterocycles. The number of imidazole rings is 1. The summed E-state index contributed by atoms with van der Waals surface area (Å²) in [6.45, 7) is 0. The zero-order valence-electron chi connectivity index (χ0n) is 15.3. The zero-order chi connectivity index (χ0) is 19.1. The van der Waals surface area contributed by atoms with Gasteiger partial charge in [0.25, 0.3) is 5.69 Å². The van der Waals surface area contributed by atoms with Crippen molar-refractivity contribution in [3.63, 3.8) is 0 Å². The number of non-ortho nitro benzene ring substituents is 1. The lowest BCUT2D eigenvalue weighted by molar-refractivity contribution is -0.384. The second kappa shape index (κ2) is 6.67. The third-order valence-corrected chi connectivity index (χ3v) is 5.48. The summed E-state index contributed by atoms with van der Waals surface area (Å²) < 4.78 is 2.20. The van der Waals surface area contributed by atoms with Crippen molar-refractivity contribution in [3.05, 3.63) is 58.6 Å². The van der Waals surface area contributed by atoms with Crippen LogP contribution >= 0.6 is 0 Å². The Morgan fingerprint density at radius 3 is 2.25 bits per heavy atom. The summed E-state index contributed by atoms with van der Waals surface area (Å²) in [7, 11) is 0. The summed E-state index contributed by atoms with van der Waals surface area (Å²) in [4.78, 5) is 25.0. The number of rotatable bonds is 3. The van der Waals surface area contributed by atoms with Crippen molar-refractivity contribution in [3.8, 4) is 11.4 Å². The third-order valence-electron chi connectivity index (χ3n) is 5.48. The Kier molecular flexibility index (Phi) is 4.00. The Morgan fingerprint density at radius 2 is 1.57 bits per heavy atom. The molecule has 0 radical (unpaired) electrons. The third kappa shape index (κ3) is 2.79. The summed E-state index contributed by atoms with van der Waals surface area (Å²) in [5, 5.41) is 11.0. The van der Waals surface area contributed by atoms with Gasteiger partial charge in [-0.3, -0.25) is 10.1 Å². The molecule has 0 bridgehead atoms. The van der Waals surface area contributed by atoms with E-state index in [0.29, 0.717) is 11.7 Å². The molecule has 1 aliphatic carbocycles. The number of para-hydroxylation sites is 2. The van der Waals surface area contributed by atoms with Gasteiger partial charge in [0, 0.05) is 23.7 Å². The van der Waals surface area contributed by atoms with Gasteiger partial charge in [0.2, 0.25) is 0 Å². The molecule has 0 aliphatic heterocycles. The van der Waals surface area contributed by atoms with Gasteiger partial charge in [0.15, 0.2) is 11.3 Å². The monoisotopic (exact) mass is 373 g/mol. The molecule has 28 heavy (non-hydrogen) atoms. The average Bonchev–Trinajstić information content (AvgIpc) is 3.11. The molecule has 7 heteroatoms. The van der Waals surface area contributed by atoms with Gasteiger partial charge in [-0.05, 0) is 37.1 Å². The zero-order valence-corrected chi connectivity index (χ0v) is 15.3. The van der Waals surface area contributed by atoms with E-state index in [-0.39, 0.29) is 10.6 Å². The summed E-state index contributed by atoms with van der Waals surface area (Å²) in [6, 6.07) is 14.7. The quantitative estimate of drug-likeness (QED) is 0.370. The fraction of sp³-hybridized carbons (Fsp3) is 0.286. The standard InChI is InChI=1S/C21H19N5O2/c27-26(28)16-12-10-14(11-13-16)20-24-19-21(25(20)15-6-2-1-3-7-15)23-18-9-5-4-8-17(18)22-19/h4-5,8-13,15H,1-3,6-7H2. The summed E-state index contributed by atoms with van der Waals surface area (Å²) in [6.07, 6.45) is 5.79. The van der Waals surface area contributed by atoms with Gasteiger partial charge in [-0.15, -0.1) is 0 Å². The second-order valence-electron chi connectivity index (χ2n) is 7.26. The molecule has 140 valence electrons. The van der Waals surface area contributed by atoms with E-state index >= 15 is 0 Å². The topological polar surface area (TPSA) is 86.7 Å². The van der Waals surface area contributed by atoms with Crippen LogP contribution in [0.3, 0.4) is 0 Å². The molecule has 2 heterocycles. The first-order valence-corrected chi connectivity index (χ1v) is 9.60. The fourth-order valence-electron chi connectivity index (χ4n) is 4.09. The van der Waals surface area contributed by atoms with Gasteiger partial charge in [-0.2, -0.15) is 0 Å². The number of aromatic nitrogens is 4. The minimum Gasteiger partial charge on any atom is -0.304 e. The van der Waals surface area contributed by atoms with E-state index in [4.69, 9.17) is 15.0 Å². The van der Waals surface area contributed by atoms with Crippen LogP contribution in [0.1, 0.15) is 38.1 Å². The van der Waals surface area contributed by atoms with Crippen molar-refractivity contribution in [2.24, 2.45) is 0 Å². The lowest BCUT2D eigenvalue weighted by atomic mass is 9.95. The maximum atomic E-state index is 11.0. The predicted molar refractivity (Wildman–Crippen MR) is 107 cm³/mol. The molecule has 0 unspecified atom stereocenters. The van der Waals surface area contributed by atoms with E-state index in [0.717, 1.165) is 40.9 Å². The van der Waals surface area contributed by atoms with Crippen LogP contribution in [0.4, 0.5) is 5.69 Å². The van der Waals surface area contributed by atoms with Crippen LogP contribution < -0.4 is 0 Å². The summed E-state index contributed by atoms with van der Waals surface area (Å²) in [5.74, 6) is 0.784. The molecule has 0 N–H and O–H groups in total. The number of benzene rings is 2. The molecule has 1 fully saturated rings. The molecule has 0 saturated heterocycles. The Morgan fingerprint density at radius 1 is 0.893 bits per heavy atom. The van der Waals surface area contributed by atoms with Crippen LogP contribution in [0, 0.1) is 10.1 Å². The molecule has 1 saturated carbocycles. The van der Waals surface area contributed by atoms with Crippen LogP contribution in [-0.4, -0.2) is 24.4 Å². The van der Waals surface area contributed by atoms with E-state index in [2.05, 4.69) is 4.57 Å². The summed E-state index contributed by atoms with van der Waals surface area (Å²) >= 11 is 0. The first-order chi connectivity index (χ1) is 13.7. The van der Waals surface area contributed by atoms with Gasteiger partial charge in [-0.1, -0.05) is 31.4 Å². The first-order valence-electron chi connectivity index (χ1n) is 9.60. The van der Waals surface area contributed by atoms with Crippen LogP contribution in [-0.2, 0) is 0 Å². The Balaban J connectivity index is 1.74. The molecular weight excluding hydrogens is 354 g/mol. The highest BCUT2D eigenvalue weighted by molar-refractivity contribution is 5.85. The van der Waals surface area contributed by atoms with E-state index < -0.39 is 0 Å². The highest BCUT2D eigenvalue weighted by Crippen LogP contribution is 2.35. The smallest absolute Gasteiger partial charge is 0.269 e. The maximum absolute atomic E-state index is 11.0. The number of nitro benzene ring substituents is 1. The average molecular weight is 373 g/mol. The van der Waals surface area contributed by atoms with Gasteiger partial charge in [-0.25, -0.2) is 15.0 Å². The molecule has 1 aliphatic rings. The van der Waals surface area contributed by atoms with Gasteiger partial charge < -0.3 is 4.57 Å². The lowest BCUT2D eigenvalue weighted by Gasteiger charge is -2.25. The number of nitrogens with zero attached hydrogens (tertiary/aromatic N) is 5. The molecule has 5 rings (SSSR count).